The number of nitrogens with zero attached hydrogens (tertiary/aromatic N) is 3. The maximum Gasteiger partial charge on any atom is 0.206 e. The van der Waals surface area contributed by atoms with Gasteiger partial charge < -0.3 is 10.1 Å². The first-order chi connectivity index (χ1) is 11.4. The Balaban J connectivity index is 1.34. The lowest BCUT2D eigenvalue weighted by molar-refractivity contribution is 0.0410. The lowest BCUT2D eigenvalue weighted by atomic mass is 10.2. The Morgan fingerprint density at radius 3 is 2.83 bits per heavy atom. The Labute approximate surface area is 145 Å². The Morgan fingerprint density at radius 1 is 1.17 bits per heavy atom. The van der Waals surface area contributed by atoms with Crippen molar-refractivity contribution in [3.8, 4) is 0 Å². The lowest BCUT2D eigenvalue weighted by Crippen LogP contribution is -2.37. The van der Waals surface area contributed by atoms with Crippen LogP contribution in [0.1, 0.15) is 5.56 Å². The second kappa shape index (κ2) is 9.22. The molecule has 1 aromatic heterocycles. The number of morpholine rings is 1. The second-order valence-corrected chi connectivity index (χ2v) is 7.66. The lowest BCUT2D eigenvalue weighted by Gasteiger charge is -2.25. The van der Waals surface area contributed by atoms with Crippen LogP contribution in [0.2, 0.25) is 0 Å². The molecule has 0 amide bonds. The fourth-order valence-corrected chi connectivity index (χ4v) is 4.23. The molecule has 2 aromatic rings. The molecule has 1 aliphatic rings. The van der Waals surface area contributed by atoms with Gasteiger partial charge in [-0.2, -0.15) is 0 Å². The van der Waals surface area contributed by atoms with E-state index in [0.29, 0.717) is 0 Å². The molecule has 3 rings (SSSR count). The van der Waals surface area contributed by atoms with Crippen LogP contribution < -0.4 is 5.32 Å². The van der Waals surface area contributed by atoms with E-state index in [9.17, 15) is 0 Å². The van der Waals surface area contributed by atoms with E-state index in [0.717, 1.165) is 61.0 Å². The molecule has 1 aromatic carbocycles. The Hall–Kier alpha value is -1.15. The summed E-state index contributed by atoms with van der Waals surface area (Å²) in [6.45, 7) is 5.78. The standard InChI is InChI=1S/C16H22N4OS2/c1-2-4-14(5-3-1)6-7-17-15-18-19-16(23-15)22-13-10-20-8-11-21-12-9-20/h1-5H,6-13H2,(H,17,18). The maximum absolute atomic E-state index is 5.36. The van der Waals surface area contributed by atoms with E-state index in [2.05, 4.69) is 44.7 Å². The van der Waals surface area contributed by atoms with E-state index in [-0.39, 0.29) is 0 Å². The number of hydrogen-bond acceptors (Lipinski definition) is 7. The highest BCUT2D eigenvalue weighted by atomic mass is 32.2. The maximum atomic E-state index is 5.36. The molecule has 0 radical (unpaired) electrons. The van der Waals surface area contributed by atoms with Crippen molar-refractivity contribution in [2.75, 3.05) is 50.5 Å². The Bertz CT molecular complexity index is 572. The molecule has 2 heterocycles. The number of thioether (sulfide) groups is 1. The Morgan fingerprint density at radius 2 is 2.00 bits per heavy atom. The van der Waals surface area contributed by atoms with Gasteiger partial charge in [0.15, 0.2) is 4.34 Å². The smallest absolute Gasteiger partial charge is 0.206 e. The fourth-order valence-electron chi connectivity index (χ4n) is 2.38. The van der Waals surface area contributed by atoms with E-state index < -0.39 is 0 Å². The molecular weight excluding hydrogens is 328 g/mol. The molecule has 1 N–H and O–H groups in total. The summed E-state index contributed by atoms with van der Waals surface area (Å²) in [7, 11) is 0. The summed E-state index contributed by atoms with van der Waals surface area (Å²) in [5, 5.41) is 12.7. The predicted octanol–water partition coefficient (Wildman–Crippen LogP) is 2.62. The van der Waals surface area contributed by atoms with Crippen LogP contribution in [0.4, 0.5) is 5.13 Å². The van der Waals surface area contributed by atoms with Crippen molar-refractivity contribution in [2.24, 2.45) is 0 Å². The van der Waals surface area contributed by atoms with Crippen molar-refractivity contribution in [3.05, 3.63) is 35.9 Å². The van der Waals surface area contributed by atoms with Crippen LogP contribution in [0, 0.1) is 0 Å². The summed E-state index contributed by atoms with van der Waals surface area (Å²) in [4.78, 5) is 2.44. The summed E-state index contributed by atoms with van der Waals surface area (Å²) >= 11 is 3.43. The third-order valence-electron chi connectivity index (χ3n) is 3.68. The molecule has 0 saturated carbocycles. The van der Waals surface area contributed by atoms with Crippen molar-refractivity contribution in [1.29, 1.82) is 0 Å². The number of ether oxygens (including phenoxy) is 1. The molecule has 7 heteroatoms. The minimum atomic E-state index is 0.860. The zero-order valence-corrected chi connectivity index (χ0v) is 14.7. The van der Waals surface area contributed by atoms with Gasteiger partial charge in [-0.1, -0.05) is 53.4 Å². The first-order valence-corrected chi connectivity index (χ1v) is 9.74. The van der Waals surface area contributed by atoms with Gasteiger partial charge in [-0.05, 0) is 12.0 Å². The first kappa shape index (κ1) is 16.7. The number of benzene rings is 1. The van der Waals surface area contributed by atoms with Crippen LogP contribution in [-0.4, -0.2) is 60.2 Å². The van der Waals surface area contributed by atoms with Gasteiger partial charge in [-0.3, -0.25) is 4.90 Å². The van der Waals surface area contributed by atoms with Crippen molar-refractivity contribution in [1.82, 2.24) is 15.1 Å². The van der Waals surface area contributed by atoms with E-state index >= 15 is 0 Å². The first-order valence-electron chi connectivity index (χ1n) is 7.94. The normalized spacial score (nSPS) is 15.7. The highest BCUT2D eigenvalue weighted by Gasteiger charge is 2.10. The van der Waals surface area contributed by atoms with Gasteiger partial charge in [0.05, 0.1) is 13.2 Å². The molecule has 124 valence electrons. The van der Waals surface area contributed by atoms with Gasteiger partial charge in [0.2, 0.25) is 5.13 Å². The van der Waals surface area contributed by atoms with Crippen molar-refractivity contribution in [3.63, 3.8) is 0 Å². The number of aromatic nitrogens is 2. The third kappa shape index (κ3) is 5.76. The molecule has 1 fully saturated rings. The van der Waals surface area contributed by atoms with Crippen molar-refractivity contribution < 1.29 is 4.74 Å². The average molecular weight is 351 g/mol. The summed E-state index contributed by atoms with van der Waals surface area (Å²) in [5.74, 6) is 1.05. The van der Waals surface area contributed by atoms with Crippen LogP contribution in [0.15, 0.2) is 34.7 Å². The van der Waals surface area contributed by atoms with Crippen molar-refractivity contribution >= 4 is 28.2 Å². The molecule has 0 bridgehead atoms. The number of nitrogens with one attached hydrogen (secondary N) is 1. The van der Waals surface area contributed by atoms with Gasteiger partial charge in [0, 0.05) is 31.9 Å². The quantitative estimate of drug-likeness (QED) is 0.739. The minimum absolute atomic E-state index is 0.860. The zero-order valence-electron chi connectivity index (χ0n) is 13.1. The third-order valence-corrected chi connectivity index (χ3v) is 5.67. The van der Waals surface area contributed by atoms with Crippen LogP contribution in [0.5, 0.6) is 0 Å². The Kier molecular flexibility index (Phi) is 6.69. The SMILES string of the molecule is c1ccc(CCNc2nnc(SCCN3CCOCC3)s2)cc1. The second-order valence-electron chi connectivity index (χ2n) is 5.34. The highest BCUT2D eigenvalue weighted by Crippen LogP contribution is 2.25. The van der Waals surface area contributed by atoms with Gasteiger partial charge in [-0.15, -0.1) is 10.2 Å². The molecule has 1 aliphatic heterocycles. The van der Waals surface area contributed by atoms with E-state index in [4.69, 9.17) is 4.74 Å². The van der Waals surface area contributed by atoms with Gasteiger partial charge in [0.25, 0.3) is 0 Å². The van der Waals surface area contributed by atoms with Crippen molar-refractivity contribution in [2.45, 2.75) is 10.8 Å². The van der Waals surface area contributed by atoms with Crippen LogP contribution >= 0.6 is 23.1 Å². The van der Waals surface area contributed by atoms with Gasteiger partial charge in [0.1, 0.15) is 0 Å². The largest absolute Gasteiger partial charge is 0.379 e. The number of anilines is 1. The summed E-state index contributed by atoms with van der Waals surface area (Å²) in [6.07, 6.45) is 1.000. The van der Waals surface area contributed by atoms with Crippen LogP contribution in [-0.2, 0) is 11.2 Å². The molecule has 0 atom stereocenters. The molecule has 0 spiro atoms. The zero-order chi connectivity index (χ0) is 15.7. The molecule has 23 heavy (non-hydrogen) atoms. The molecule has 1 saturated heterocycles. The molecule has 0 unspecified atom stereocenters. The van der Waals surface area contributed by atoms with E-state index in [1.807, 2.05) is 6.07 Å². The minimum Gasteiger partial charge on any atom is -0.379 e. The van der Waals surface area contributed by atoms with Gasteiger partial charge >= 0.3 is 0 Å². The number of rotatable bonds is 8. The summed E-state index contributed by atoms with van der Waals surface area (Å²) in [6, 6.07) is 10.5. The monoisotopic (exact) mass is 350 g/mol. The van der Waals surface area contributed by atoms with E-state index in [1.54, 1.807) is 23.1 Å². The molecular formula is C16H22N4OS2. The number of hydrogen-bond donors (Lipinski definition) is 1. The molecule has 5 nitrogen and oxygen atoms in total. The summed E-state index contributed by atoms with van der Waals surface area (Å²) < 4.78 is 6.40. The predicted molar refractivity (Wildman–Crippen MR) is 96.5 cm³/mol. The van der Waals surface area contributed by atoms with E-state index in [1.165, 1.54) is 5.56 Å². The van der Waals surface area contributed by atoms with Crippen LogP contribution in [0.25, 0.3) is 0 Å². The summed E-state index contributed by atoms with van der Waals surface area (Å²) in [5.41, 5.74) is 1.34. The topological polar surface area (TPSA) is 50.3 Å². The van der Waals surface area contributed by atoms with Crippen LogP contribution in [0.3, 0.4) is 0 Å². The highest BCUT2D eigenvalue weighted by molar-refractivity contribution is 8.01. The fraction of sp³-hybridized carbons (Fsp3) is 0.500. The molecule has 0 aliphatic carbocycles. The van der Waals surface area contributed by atoms with Gasteiger partial charge in [-0.25, -0.2) is 0 Å². The average Bonchev–Trinajstić information content (AvgIpc) is 3.05.